The number of aryl methyl sites for hydroxylation is 4. The number of anilines is 2. The Morgan fingerprint density at radius 1 is 0.920 bits per heavy atom. The number of carbonyl (C=O) groups excluding carboxylic acids is 1. The molecule has 5 heteroatoms. The second kappa shape index (κ2) is 7.07. The van der Waals surface area contributed by atoms with Crippen LogP contribution in [0.4, 0.5) is 15.6 Å². The van der Waals surface area contributed by atoms with E-state index in [9.17, 15) is 4.79 Å². The highest BCUT2D eigenvalue weighted by Crippen LogP contribution is 2.26. The standard InChI is InChI=1S/C20H21N3OS/c1-12-7-13(2)9-17(8-12)21-19(24)23-20-22-18(11-25-20)16-6-5-14(3)15(4)10-16/h5-11H,1-4H3,(H2,21,22,23,24). The van der Waals surface area contributed by atoms with E-state index in [1.54, 1.807) is 0 Å². The normalized spacial score (nSPS) is 10.6. The number of hydrogen-bond donors (Lipinski definition) is 2. The molecule has 0 fully saturated rings. The second-order valence-corrected chi connectivity index (χ2v) is 7.15. The predicted molar refractivity (Wildman–Crippen MR) is 106 cm³/mol. The molecule has 1 aromatic heterocycles. The number of carbonyl (C=O) groups is 1. The highest BCUT2D eigenvalue weighted by molar-refractivity contribution is 7.14. The van der Waals surface area contributed by atoms with Crippen LogP contribution in [-0.4, -0.2) is 11.0 Å². The molecule has 2 N–H and O–H groups in total. The topological polar surface area (TPSA) is 54.0 Å². The van der Waals surface area contributed by atoms with Gasteiger partial charge in [-0.05, 0) is 68.1 Å². The molecular formula is C20H21N3OS. The Balaban J connectivity index is 1.70. The van der Waals surface area contributed by atoms with Gasteiger partial charge in [0.05, 0.1) is 5.69 Å². The van der Waals surface area contributed by atoms with Crippen LogP contribution in [-0.2, 0) is 0 Å². The number of nitrogens with one attached hydrogen (secondary N) is 2. The Labute approximate surface area is 151 Å². The summed E-state index contributed by atoms with van der Waals surface area (Å²) in [4.78, 5) is 16.7. The lowest BCUT2D eigenvalue weighted by Crippen LogP contribution is -2.19. The Kier molecular flexibility index (Phi) is 4.86. The third kappa shape index (κ3) is 4.25. The largest absolute Gasteiger partial charge is 0.325 e. The molecule has 3 aromatic rings. The summed E-state index contributed by atoms with van der Waals surface area (Å²) in [6, 6.07) is 11.9. The molecule has 0 aliphatic carbocycles. The SMILES string of the molecule is Cc1cc(C)cc(NC(=O)Nc2nc(-c3ccc(C)c(C)c3)cs2)c1. The molecule has 3 rings (SSSR count). The van der Waals surface area contributed by atoms with Crippen LogP contribution in [0.15, 0.2) is 41.8 Å². The van der Waals surface area contributed by atoms with Crippen molar-refractivity contribution in [2.75, 3.05) is 10.6 Å². The van der Waals surface area contributed by atoms with Crippen molar-refractivity contribution in [1.82, 2.24) is 4.98 Å². The molecule has 0 saturated heterocycles. The van der Waals surface area contributed by atoms with Crippen LogP contribution in [0.25, 0.3) is 11.3 Å². The third-order valence-corrected chi connectivity index (χ3v) is 4.76. The zero-order valence-corrected chi connectivity index (χ0v) is 15.6. The highest BCUT2D eigenvalue weighted by atomic mass is 32.1. The molecule has 0 atom stereocenters. The van der Waals surface area contributed by atoms with Crippen molar-refractivity contribution in [1.29, 1.82) is 0 Å². The van der Waals surface area contributed by atoms with Gasteiger partial charge in [0.2, 0.25) is 0 Å². The number of rotatable bonds is 3. The van der Waals surface area contributed by atoms with Crippen molar-refractivity contribution in [3.63, 3.8) is 0 Å². The number of hydrogen-bond acceptors (Lipinski definition) is 3. The van der Waals surface area contributed by atoms with Crippen LogP contribution in [0.5, 0.6) is 0 Å². The molecule has 1 heterocycles. The molecule has 0 aliphatic rings. The molecule has 2 amide bonds. The first kappa shape index (κ1) is 17.2. The van der Waals surface area contributed by atoms with Gasteiger partial charge in [0, 0.05) is 16.6 Å². The van der Waals surface area contributed by atoms with Crippen molar-refractivity contribution in [2.45, 2.75) is 27.7 Å². The number of urea groups is 1. The van der Waals surface area contributed by atoms with Crippen LogP contribution in [0.2, 0.25) is 0 Å². The van der Waals surface area contributed by atoms with Gasteiger partial charge >= 0.3 is 6.03 Å². The Hall–Kier alpha value is -2.66. The first-order valence-electron chi connectivity index (χ1n) is 8.10. The van der Waals surface area contributed by atoms with Gasteiger partial charge in [0.15, 0.2) is 5.13 Å². The van der Waals surface area contributed by atoms with Crippen molar-refractivity contribution >= 4 is 28.2 Å². The minimum absolute atomic E-state index is 0.286. The zero-order valence-electron chi connectivity index (χ0n) is 14.8. The maximum Gasteiger partial charge on any atom is 0.325 e. The van der Waals surface area contributed by atoms with Crippen molar-refractivity contribution in [2.24, 2.45) is 0 Å². The van der Waals surface area contributed by atoms with Gasteiger partial charge in [-0.15, -0.1) is 11.3 Å². The Morgan fingerprint density at radius 3 is 2.32 bits per heavy atom. The van der Waals surface area contributed by atoms with Crippen molar-refractivity contribution < 1.29 is 4.79 Å². The molecule has 128 valence electrons. The van der Waals surface area contributed by atoms with E-state index in [-0.39, 0.29) is 6.03 Å². The van der Waals surface area contributed by atoms with Gasteiger partial charge in [-0.3, -0.25) is 5.32 Å². The average molecular weight is 351 g/mol. The maximum absolute atomic E-state index is 12.2. The van der Waals surface area contributed by atoms with E-state index in [1.807, 2.05) is 31.4 Å². The number of amides is 2. The van der Waals surface area contributed by atoms with Gasteiger partial charge in [-0.1, -0.05) is 18.2 Å². The van der Waals surface area contributed by atoms with E-state index in [4.69, 9.17) is 0 Å². The minimum atomic E-state index is -0.286. The lowest BCUT2D eigenvalue weighted by molar-refractivity contribution is 0.262. The van der Waals surface area contributed by atoms with E-state index in [1.165, 1.54) is 22.5 Å². The summed E-state index contributed by atoms with van der Waals surface area (Å²) in [7, 11) is 0. The first-order chi connectivity index (χ1) is 11.9. The van der Waals surface area contributed by atoms with Gasteiger partial charge < -0.3 is 5.32 Å². The van der Waals surface area contributed by atoms with Crippen molar-refractivity contribution in [3.8, 4) is 11.3 Å². The van der Waals surface area contributed by atoms with Crippen LogP contribution in [0, 0.1) is 27.7 Å². The molecule has 0 unspecified atom stereocenters. The fourth-order valence-corrected chi connectivity index (χ4v) is 3.39. The zero-order chi connectivity index (χ0) is 18.0. The summed E-state index contributed by atoms with van der Waals surface area (Å²) in [5, 5.41) is 8.19. The van der Waals surface area contributed by atoms with Gasteiger partial charge in [0.1, 0.15) is 0 Å². The number of thiazole rings is 1. The van der Waals surface area contributed by atoms with Gasteiger partial charge in [0.25, 0.3) is 0 Å². The third-order valence-electron chi connectivity index (χ3n) is 4.01. The molecule has 0 spiro atoms. The molecule has 2 aromatic carbocycles. The van der Waals surface area contributed by atoms with Crippen LogP contribution < -0.4 is 10.6 Å². The van der Waals surface area contributed by atoms with E-state index >= 15 is 0 Å². The molecule has 0 saturated carbocycles. The van der Waals surface area contributed by atoms with Gasteiger partial charge in [-0.2, -0.15) is 0 Å². The van der Waals surface area contributed by atoms with Crippen LogP contribution in [0.3, 0.4) is 0 Å². The summed E-state index contributed by atoms with van der Waals surface area (Å²) in [5.74, 6) is 0. The lowest BCUT2D eigenvalue weighted by atomic mass is 10.1. The number of aromatic nitrogens is 1. The van der Waals surface area contributed by atoms with E-state index in [0.717, 1.165) is 28.1 Å². The molecule has 0 radical (unpaired) electrons. The Bertz CT molecular complexity index is 910. The van der Waals surface area contributed by atoms with E-state index in [2.05, 4.69) is 53.7 Å². The quantitative estimate of drug-likeness (QED) is 0.637. The summed E-state index contributed by atoms with van der Waals surface area (Å²) in [6.45, 7) is 8.19. The number of nitrogens with zero attached hydrogens (tertiary/aromatic N) is 1. The fraction of sp³-hybridized carbons (Fsp3) is 0.200. The smallest absolute Gasteiger partial charge is 0.308 e. The summed E-state index contributed by atoms with van der Waals surface area (Å²) >= 11 is 1.42. The Morgan fingerprint density at radius 2 is 1.64 bits per heavy atom. The molecule has 4 nitrogen and oxygen atoms in total. The van der Waals surface area contributed by atoms with E-state index in [0.29, 0.717) is 5.13 Å². The molecule has 0 aliphatic heterocycles. The lowest BCUT2D eigenvalue weighted by Gasteiger charge is -2.07. The average Bonchev–Trinajstić information content (AvgIpc) is 2.97. The number of benzene rings is 2. The summed E-state index contributed by atoms with van der Waals surface area (Å²) < 4.78 is 0. The fourth-order valence-electron chi connectivity index (χ4n) is 2.67. The molecular weight excluding hydrogens is 330 g/mol. The monoisotopic (exact) mass is 351 g/mol. The first-order valence-corrected chi connectivity index (χ1v) is 8.98. The molecule has 0 bridgehead atoms. The second-order valence-electron chi connectivity index (χ2n) is 6.29. The van der Waals surface area contributed by atoms with Crippen LogP contribution >= 0.6 is 11.3 Å². The maximum atomic E-state index is 12.2. The minimum Gasteiger partial charge on any atom is -0.308 e. The highest BCUT2D eigenvalue weighted by Gasteiger charge is 2.09. The van der Waals surface area contributed by atoms with Crippen molar-refractivity contribution in [3.05, 3.63) is 64.0 Å². The summed E-state index contributed by atoms with van der Waals surface area (Å²) in [6.07, 6.45) is 0. The van der Waals surface area contributed by atoms with Crippen LogP contribution in [0.1, 0.15) is 22.3 Å². The summed E-state index contributed by atoms with van der Waals surface area (Å²) in [5.41, 5.74) is 7.42. The molecule has 25 heavy (non-hydrogen) atoms. The van der Waals surface area contributed by atoms with Gasteiger partial charge in [-0.25, -0.2) is 9.78 Å². The van der Waals surface area contributed by atoms with E-state index < -0.39 is 0 Å². The predicted octanol–water partition coefficient (Wildman–Crippen LogP) is 5.69.